The van der Waals surface area contributed by atoms with Gasteiger partial charge in [-0.3, -0.25) is 0 Å². The third kappa shape index (κ3) is 3.78. The summed E-state index contributed by atoms with van der Waals surface area (Å²) in [4.78, 5) is 4.62. The minimum Gasteiger partial charge on any atom is -0.317 e. The summed E-state index contributed by atoms with van der Waals surface area (Å²) in [6, 6.07) is 0. The number of hydrogen-bond donors (Lipinski definition) is 1. The number of nitrogens with one attached hydrogen (secondary N) is 1. The minimum atomic E-state index is 0.855. The monoisotopic (exact) mass is 252 g/mol. The van der Waals surface area contributed by atoms with Crippen molar-refractivity contribution in [1.29, 1.82) is 0 Å². The predicted molar refractivity (Wildman–Crippen MR) is 74.5 cm³/mol. The van der Waals surface area contributed by atoms with Gasteiger partial charge in [-0.25, -0.2) is 4.98 Å². The van der Waals surface area contributed by atoms with Gasteiger partial charge in [-0.15, -0.1) is 11.3 Å². The van der Waals surface area contributed by atoms with Crippen molar-refractivity contribution in [1.82, 2.24) is 10.3 Å². The molecule has 3 heteroatoms. The summed E-state index contributed by atoms with van der Waals surface area (Å²) in [5.74, 6) is 1.72. The lowest BCUT2D eigenvalue weighted by molar-refractivity contribution is 0.229. The molecule has 0 aromatic carbocycles. The van der Waals surface area contributed by atoms with E-state index in [4.69, 9.17) is 0 Å². The second-order valence-corrected chi connectivity index (χ2v) is 6.14. The third-order valence-corrected chi connectivity index (χ3v) is 4.82. The molecule has 1 saturated carbocycles. The van der Waals surface area contributed by atoms with E-state index >= 15 is 0 Å². The van der Waals surface area contributed by atoms with E-state index in [0.29, 0.717) is 0 Å². The van der Waals surface area contributed by atoms with Crippen LogP contribution in [0.3, 0.4) is 0 Å². The summed E-state index contributed by atoms with van der Waals surface area (Å²) in [5.41, 5.74) is 1.18. The van der Waals surface area contributed by atoms with E-state index in [1.54, 1.807) is 0 Å². The van der Waals surface area contributed by atoms with Crippen LogP contribution < -0.4 is 5.32 Å². The van der Waals surface area contributed by atoms with Crippen LogP contribution in [0, 0.1) is 18.8 Å². The number of thiazole rings is 1. The fourth-order valence-corrected chi connectivity index (χ4v) is 3.74. The number of aryl methyl sites for hydroxylation is 1. The summed E-state index contributed by atoms with van der Waals surface area (Å²) in [7, 11) is 0. The second-order valence-electron chi connectivity index (χ2n) is 5.20. The predicted octanol–water partition coefficient (Wildman–Crippen LogP) is 3.41. The number of aromatic nitrogens is 1. The fraction of sp³-hybridized carbons (Fsp3) is 0.786. The Morgan fingerprint density at radius 1 is 1.35 bits per heavy atom. The zero-order valence-electron chi connectivity index (χ0n) is 11.0. The molecule has 2 rings (SSSR count). The van der Waals surface area contributed by atoms with Crippen LogP contribution in [0.4, 0.5) is 0 Å². The van der Waals surface area contributed by atoms with Crippen LogP contribution in [0.15, 0.2) is 5.38 Å². The quantitative estimate of drug-likeness (QED) is 0.868. The molecular formula is C14H24N2S. The Hall–Kier alpha value is -0.410. The summed E-state index contributed by atoms with van der Waals surface area (Å²) >= 11 is 1.84. The maximum atomic E-state index is 4.62. The molecule has 0 aliphatic heterocycles. The van der Waals surface area contributed by atoms with Gasteiger partial charge >= 0.3 is 0 Å². The van der Waals surface area contributed by atoms with Gasteiger partial charge in [0.2, 0.25) is 0 Å². The Balaban J connectivity index is 1.91. The van der Waals surface area contributed by atoms with E-state index in [2.05, 4.69) is 29.5 Å². The molecule has 0 spiro atoms. The first kappa shape index (κ1) is 13.0. The molecule has 2 atom stereocenters. The van der Waals surface area contributed by atoms with Gasteiger partial charge in [0.1, 0.15) is 0 Å². The van der Waals surface area contributed by atoms with Gasteiger partial charge in [-0.05, 0) is 44.7 Å². The van der Waals surface area contributed by atoms with Gasteiger partial charge in [0.05, 0.1) is 5.01 Å². The first-order valence-corrected chi connectivity index (χ1v) is 7.79. The van der Waals surface area contributed by atoms with Crippen LogP contribution in [0.1, 0.15) is 43.3 Å². The smallest absolute Gasteiger partial charge is 0.0930 e. The highest BCUT2D eigenvalue weighted by Gasteiger charge is 2.25. The van der Waals surface area contributed by atoms with Gasteiger partial charge in [-0.1, -0.05) is 19.8 Å². The lowest BCUT2D eigenvalue weighted by Crippen LogP contribution is -2.31. The molecule has 0 bridgehead atoms. The van der Waals surface area contributed by atoms with Crippen molar-refractivity contribution < 1.29 is 0 Å². The Labute approximate surface area is 109 Å². The summed E-state index contributed by atoms with van der Waals surface area (Å²) in [6.07, 6.45) is 6.84. The van der Waals surface area contributed by atoms with Crippen molar-refractivity contribution in [3.63, 3.8) is 0 Å². The molecule has 1 aromatic rings. The number of rotatable bonds is 5. The van der Waals surface area contributed by atoms with Crippen LogP contribution in [0.5, 0.6) is 0 Å². The second kappa shape index (κ2) is 6.50. The molecule has 1 N–H and O–H groups in total. The fourth-order valence-electron chi connectivity index (χ4n) is 2.87. The van der Waals surface area contributed by atoms with Gasteiger partial charge in [0.15, 0.2) is 0 Å². The van der Waals surface area contributed by atoms with Crippen LogP contribution in [-0.2, 0) is 6.42 Å². The van der Waals surface area contributed by atoms with Crippen molar-refractivity contribution in [2.45, 2.75) is 46.0 Å². The average molecular weight is 252 g/mol. The molecule has 1 fully saturated rings. The van der Waals surface area contributed by atoms with Crippen molar-refractivity contribution >= 4 is 11.3 Å². The van der Waals surface area contributed by atoms with E-state index in [9.17, 15) is 0 Å². The highest BCUT2D eigenvalue weighted by Crippen LogP contribution is 2.32. The van der Waals surface area contributed by atoms with Crippen molar-refractivity contribution in [2.24, 2.45) is 11.8 Å². The molecule has 1 aromatic heterocycles. The third-order valence-electron chi connectivity index (χ3n) is 3.83. The van der Waals surface area contributed by atoms with Gasteiger partial charge in [-0.2, -0.15) is 0 Å². The van der Waals surface area contributed by atoms with Gasteiger partial charge in [0.25, 0.3) is 0 Å². The summed E-state index contributed by atoms with van der Waals surface area (Å²) in [6.45, 7) is 6.59. The average Bonchev–Trinajstić information content (AvgIpc) is 2.74. The number of hydrogen-bond acceptors (Lipinski definition) is 3. The van der Waals surface area contributed by atoms with E-state index < -0.39 is 0 Å². The Morgan fingerprint density at radius 2 is 2.12 bits per heavy atom. The Kier molecular flexibility index (Phi) is 4.99. The number of nitrogens with zero attached hydrogens (tertiary/aromatic N) is 1. The molecule has 1 aliphatic carbocycles. The molecule has 2 nitrogen and oxygen atoms in total. The molecule has 96 valence electrons. The Morgan fingerprint density at radius 3 is 2.76 bits per heavy atom. The molecule has 0 amide bonds. The maximum absolute atomic E-state index is 4.62. The minimum absolute atomic E-state index is 0.855. The standard InChI is InChI=1S/C14H24N2S/c1-3-15-9-13-7-5-4-6-12(13)8-14-16-11(2)10-17-14/h10,12-13,15H,3-9H2,1-2H3. The SMILES string of the molecule is CCNCC1CCCCC1Cc1nc(C)cs1. The highest BCUT2D eigenvalue weighted by molar-refractivity contribution is 7.09. The maximum Gasteiger partial charge on any atom is 0.0930 e. The molecule has 0 saturated heterocycles. The topological polar surface area (TPSA) is 24.9 Å². The first-order chi connectivity index (χ1) is 8.29. The van der Waals surface area contributed by atoms with E-state index in [-0.39, 0.29) is 0 Å². The van der Waals surface area contributed by atoms with E-state index in [1.165, 1.54) is 49.4 Å². The summed E-state index contributed by atoms with van der Waals surface area (Å²) in [5, 5.41) is 7.04. The molecular weight excluding hydrogens is 228 g/mol. The van der Waals surface area contributed by atoms with Crippen molar-refractivity contribution in [2.75, 3.05) is 13.1 Å². The molecule has 17 heavy (non-hydrogen) atoms. The van der Waals surface area contributed by atoms with Crippen molar-refractivity contribution in [3.05, 3.63) is 16.1 Å². The lowest BCUT2D eigenvalue weighted by Gasteiger charge is -2.31. The molecule has 0 radical (unpaired) electrons. The van der Waals surface area contributed by atoms with Crippen LogP contribution >= 0.6 is 11.3 Å². The van der Waals surface area contributed by atoms with E-state index in [1.807, 2.05) is 11.3 Å². The summed E-state index contributed by atoms with van der Waals surface area (Å²) < 4.78 is 0. The zero-order chi connectivity index (χ0) is 12.1. The molecule has 1 aliphatic rings. The molecule has 1 heterocycles. The van der Waals surface area contributed by atoms with Crippen LogP contribution in [-0.4, -0.2) is 18.1 Å². The van der Waals surface area contributed by atoms with Crippen LogP contribution in [0.25, 0.3) is 0 Å². The Bertz CT molecular complexity index is 335. The van der Waals surface area contributed by atoms with Gasteiger partial charge in [0, 0.05) is 17.5 Å². The van der Waals surface area contributed by atoms with Crippen LogP contribution in [0.2, 0.25) is 0 Å². The van der Waals surface area contributed by atoms with Gasteiger partial charge < -0.3 is 5.32 Å². The highest BCUT2D eigenvalue weighted by atomic mass is 32.1. The normalized spacial score (nSPS) is 25.1. The van der Waals surface area contributed by atoms with E-state index in [0.717, 1.165) is 18.4 Å². The van der Waals surface area contributed by atoms with Crippen molar-refractivity contribution in [3.8, 4) is 0 Å². The lowest BCUT2D eigenvalue weighted by atomic mass is 9.77. The largest absolute Gasteiger partial charge is 0.317 e. The zero-order valence-corrected chi connectivity index (χ0v) is 11.9. The molecule has 2 unspecified atom stereocenters. The first-order valence-electron chi connectivity index (χ1n) is 6.91.